The number of hydrogen-bond acceptors (Lipinski definition) is 5. The first kappa shape index (κ1) is 21.1. The van der Waals surface area contributed by atoms with Gasteiger partial charge in [-0.3, -0.25) is 4.79 Å². The number of carbonyl (C=O) groups is 1. The number of benzene rings is 1. The Balaban J connectivity index is 1.72. The maximum atomic E-state index is 13.1. The van der Waals surface area contributed by atoms with Gasteiger partial charge in [-0.25, -0.2) is 8.42 Å². The van der Waals surface area contributed by atoms with Crippen molar-refractivity contribution in [2.24, 2.45) is 0 Å². The first-order chi connectivity index (χ1) is 13.3. The summed E-state index contributed by atoms with van der Waals surface area (Å²) in [7, 11) is -3.71. The number of amides is 1. The molecule has 9 heteroatoms. The lowest BCUT2D eigenvalue weighted by atomic mass is 10.2. The van der Waals surface area contributed by atoms with E-state index in [9.17, 15) is 13.2 Å². The fraction of sp³-hybridized carbons (Fsp3) is 0.421. The molecule has 0 aliphatic carbocycles. The maximum Gasteiger partial charge on any atom is 0.262 e. The number of hydrogen-bond donors (Lipinski definition) is 1. The Labute approximate surface area is 175 Å². The van der Waals surface area contributed by atoms with E-state index in [4.69, 9.17) is 11.6 Å². The molecule has 0 radical (unpaired) electrons. The highest BCUT2D eigenvalue weighted by Crippen LogP contribution is 2.27. The maximum absolute atomic E-state index is 13.1. The van der Waals surface area contributed by atoms with Gasteiger partial charge in [0.15, 0.2) is 0 Å². The minimum absolute atomic E-state index is 0.00641. The lowest BCUT2D eigenvalue weighted by molar-refractivity contribution is 0.0940. The van der Waals surface area contributed by atoms with Crippen LogP contribution in [0.1, 0.15) is 29.9 Å². The van der Waals surface area contributed by atoms with E-state index < -0.39 is 10.0 Å². The van der Waals surface area contributed by atoms with Gasteiger partial charge in [-0.2, -0.15) is 4.31 Å². The van der Waals surface area contributed by atoms with Crippen LogP contribution in [0.2, 0.25) is 5.02 Å². The third-order valence-electron chi connectivity index (χ3n) is 4.87. The summed E-state index contributed by atoms with van der Waals surface area (Å²) in [5, 5.41) is 5.18. The molecule has 1 saturated heterocycles. The van der Waals surface area contributed by atoms with Crippen molar-refractivity contribution in [2.45, 2.75) is 31.2 Å². The van der Waals surface area contributed by atoms with Crippen LogP contribution >= 0.6 is 22.9 Å². The Morgan fingerprint density at radius 1 is 1.18 bits per heavy atom. The Hall–Kier alpha value is -1.61. The van der Waals surface area contributed by atoms with Crippen LogP contribution in [0.15, 0.2) is 40.6 Å². The molecule has 0 spiro atoms. The molecule has 1 aromatic heterocycles. The summed E-state index contributed by atoms with van der Waals surface area (Å²) in [6, 6.07) is 9.04. The quantitative estimate of drug-likeness (QED) is 0.745. The summed E-state index contributed by atoms with van der Waals surface area (Å²) < 4.78 is 27.7. The SMILES string of the molecule is CC[C@@H](C)NC(=O)c1sccc1S(=O)(=O)N1CCN(c2ccc(Cl)cc2)CC1. The molecular formula is C19H24ClN3O3S2. The number of piperazine rings is 1. The van der Waals surface area contributed by atoms with Crippen LogP contribution in [0, 0.1) is 0 Å². The van der Waals surface area contributed by atoms with Gasteiger partial charge < -0.3 is 10.2 Å². The van der Waals surface area contributed by atoms with Crippen molar-refractivity contribution in [1.82, 2.24) is 9.62 Å². The fourth-order valence-corrected chi connectivity index (χ4v) is 5.89. The molecule has 1 fully saturated rings. The normalized spacial score (nSPS) is 16.8. The Morgan fingerprint density at radius 2 is 1.82 bits per heavy atom. The van der Waals surface area contributed by atoms with Crippen LogP contribution in [-0.2, 0) is 10.0 Å². The average Bonchev–Trinajstić information content (AvgIpc) is 3.19. The Morgan fingerprint density at radius 3 is 2.43 bits per heavy atom. The lowest BCUT2D eigenvalue weighted by Crippen LogP contribution is -2.48. The first-order valence-electron chi connectivity index (χ1n) is 9.22. The van der Waals surface area contributed by atoms with Crippen molar-refractivity contribution >= 4 is 44.6 Å². The minimum Gasteiger partial charge on any atom is -0.369 e. The molecule has 6 nitrogen and oxygen atoms in total. The molecule has 2 aromatic rings. The molecule has 0 bridgehead atoms. The number of nitrogens with one attached hydrogen (secondary N) is 1. The van der Waals surface area contributed by atoms with Crippen LogP contribution in [0.4, 0.5) is 5.69 Å². The number of sulfonamides is 1. The van der Waals surface area contributed by atoms with Crippen molar-refractivity contribution in [3.8, 4) is 0 Å². The molecular weight excluding hydrogens is 418 g/mol. The number of thiophene rings is 1. The largest absolute Gasteiger partial charge is 0.369 e. The number of nitrogens with zero attached hydrogens (tertiary/aromatic N) is 2. The van der Waals surface area contributed by atoms with Crippen LogP contribution in [-0.4, -0.2) is 50.9 Å². The van der Waals surface area contributed by atoms with Gasteiger partial charge in [0.25, 0.3) is 5.91 Å². The van der Waals surface area contributed by atoms with E-state index >= 15 is 0 Å². The van der Waals surface area contributed by atoms with Gasteiger partial charge in [0.05, 0.1) is 0 Å². The van der Waals surface area contributed by atoms with E-state index in [0.717, 1.165) is 23.4 Å². The third kappa shape index (κ3) is 4.51. The van der Waals surface area contributed by atoms with E-state index in [1.807, 2.05) is 38.1 Å². The molecule has 1 amide bonds. The third-order valence-corrected chi connectivity index (χ3v) is 8.11. The summed E-state index contributed by atoms with van der Waals surface area (Å²) in [5.41, 5.74) is 1.02. The van der Waals surface area contributed by atoms with Gasteiger partial charge >= 0.3 is 0 Å². The molecule has 1 aliphatic heterocycles. The molecule has 1 aromatic carbocycles. The summed E-state index contributed by atoms with van der Waals surface area (Å²) in [4.78, 5) is 15.0. The topological polar surface area (TPSA) is 69.7 Å². The molecule has 3 rings (SSSR count). The summed E-state index contributed by atoms with van der Waals surface area (Å²) in [6.45, 7) is 5.77. The smallest absolute Gasteiger partial charge is 0.262 e. The highest BCUT2D eigenvalue weighted by atomic mass is 35.5. The molecule has 1 atom stereocenters. The van der Waals surface area contributed by atoms with Crippen molar-refractivity contribution < 1.29 is 13.2 Å². The zero-order valence-corrected chi connectivity index (χ0v) is 18.3. The number of rotatable bonds is 6. The van der Waals surface area contributed by atoms with Gasteiger partial charge in [-0.15, -0.1) is 11.3 Å². The predicted molar refractivity (Wildman–Crippen MR) is 114 cm³/mol. The van der Waals surface area contributed by atoms with Gasteiger partial charge in [-0.05, 0) is 49.1 Å². The second kappa shape index (κ2) is 8.82. The summed E-state index contributed by atoms with van der Waals surface area (Å²) >= 11 is 7.09. The fourth-order valence-electron chi connectivity index (χ4n) is 3.04. The molecule has 2 heterocycles. The minimum atomic E-state index is -3.71. The second-order valence-electron chi connectivity index (χ2n) is 6.76. The van der Waals surface area contributed by atoms with Crippen molar-refractivity contribution in [3.05, 3.63) is 45.6 Å². The number of carbonyl (C=O) groups excluding carboxylic acids is 1. The Bertz CT molecular complexity index is 920. The van der Waals surface area contributed by atoms with E-state index in [-0.39, 0.29) is 21.7 Å². The standard InChI is InChI=1S/C19H24ClN3O3S2/c1-3-14(2)21-19(24)18-17(8-13-27-18)28(25,26)23-11-9-22(10-12-23)16-6-4-15(20)5-7-16/h4-8,13-14H,3,9-12H2,1-2H3,(H,21,24)/t14-/m1/s1. The zero-order chi connectivity index (χ0) is 20.3. The molecule has 152 valence electrons. The summed E-state index contributed by atoms with van der Waals surface area (Å²) in [6.07, 6.45) is 0.784. The van der Waals surface area contributed by atoms with Crippen LogP contribution in [0.5, 0.6) is 0 Å². The van der Waals surface area contributed by atoms with Crippen LogP contribution < -0.4 is 10.2 Å². The van der Waals surface area contributed by atoms with E-state index in [0.29, 0.717) is 31.2 Å². The van der Waals surface area contributed by atoms with Crippen molar-refractivity contribution in [3.63, 3.8) is 0 Å². The van der Waals surface area contributed by atoms with Gasteiger partial charge in [0.1, 0.15) is 9.77 Å². The second-order valence-corrected chi connectivity index (χ2v) is 10.0. The molecule has 0 saturated carbocycles. The zero-order valence-electron chi connectivity index (χ0n) is 15.9. The predicted octanol–water partition coefficient (Wildman–Crippen LogP) is 3.44. The number of halogens is 1. The van der Waals surface area contributed by atoms with Gasteiger partial charge in [0.2, 0.25) is 10.0 Å². The monoisotopic (exact) mass is 441 g/mol. The molecule has 1 aliphatic rings. The van der Waals surface area contributed by atoms with E-state index in [2.05, 4.69) is 10.2 Å². The number of anilines is 1. The van der Waals surface area contributed by atoms with Crippen LogP contribution in [0.25, 0.3) is 0 Å². The average molecular weight is 442 g/mol. The first-order valence-corrected chi connectivity index (χ1v) is 11.9. The Kier molecular flexibility index (Phi) is 6.65. The highest BCUT2D eigenvalue weighted by molar-refractivity contribution is 7.89. The molecule has 28 heavy (non-hydrogen) atoms. The molecule has 1 N–H and O–H groups in total. The molecule has 0 unspecified atom stereocenters. The lowest BCUT2D eigenvalue weighted by Gasteiger charge is -2.35. The van der Waals surface area contributed by atoms with Gasteiger partial charge in [-0.1, -0.05) is 18.5 Å². The van der Waals surface area contributed by atoms with Crippen molar-refractivity contribution in [1.29, 1.82) is 0 Å². The van der Waals surface area contributed by atoms with E-state index in [1.165, 1.54) is 10.4 Å². The highest BCUT2D eigenvalue weighted by Gasteiger charge is 2.32. The summed E-state index contributed by atoms with van der Waals surface area (Å²) in [5.74, 6) is -0.331. The van der Waals surface area contributed by atoms with E-state index in [1.54, 1.807) is 5.38 Å². The van der Waals surface area contributed by atoms with Crippen LogP contribution in [0.3, 0.4) is 0 Å². The van der Waals surface area contributed by atoms with Crippen molar-refractivity contribution in [2.75, 3.05) is 31.1 Å². The van der Waals surface area contributed by atoms with Gasteiger partial charge in [0, 0.05) is 42.9 Å².